The third-order valence-electron chi connectivity index (χ3n) is 3.66. The molecule has 2 atom stereocenters. The van der Waals surface area contributed by atoms with Crippen LogP contribution in [0.25, 0.3) is 0 Å². The average Bonchev–Trinajstić information content (AvgIpc) is 2.26. The Kier molecular flexibility index (Phi) is 3.28. The van der Waals surface area contributed by atoms with E-state index in [2.05, 4.69) is 20.8 Å². The maximum atomic E-state index is 12.0. The van der Waals surface area contributed by atoms with Crippen LogP contribution in [0.3, 0.4) is 0 Å². The van der Waals surface area contributed by atoms with Gasteiger partial charge in [-0.3, -0.25) is 0 Å². The van der Waals surface area contributed by atoms with Gasteiger partial charge in [0, 0.05) is 12.1 Å². The number of hydrogen-bond donors (Lipinski definition) is 0. The van der Waals surface area contributed by atoms with Gasteiger partial charge in [0.1, 0.15) is 0 Å². The Labute approximate surface area is 110 Å². The van der Waals surface area contributed by atoms with Crippen molar-refractivity contribution in [1.29, 1.82) is 0 Å². The smallest absolute Gasteiger partial charge is 0.212 e. The molecule has 4 heteroatoms. The maximum absolute atomic E-state index is 12.0. The summed E-state index contributed by atoms with van der Waals surface area (Å²) in [6.07, 6.45) is 0. The Morgan fingerprint density at radius 3 is 2.22 bits per heavy atom. The van der Waals surface area contributed by atoms with Gasteiger partial charge in [-0.25, -0.2) is 8.42 Å². The summed E-state index contributed by atoms with van der Waals surface area (Å²) in [6, 6.07) is 9.82. The molecule has 0 amide bonds. The van der Waals surface area contributed by atoms with Gasteiger partial charge in [0.05, 0.1) is 5.75 Å². The summed E-state index contributed by atoms with van der Waals surface area (Å²) in [5.41, 5.74) is 1.03. The average molecular weight is 267 g/mol. The number of sulfonamides is 1. The van der Waals surface area contributed by atoms with Gasteiger partial charge in [-0.1, -0.05) is 51.1 Å². The van der Waals surface area contributed by atoms with E-state index in [1.54, 1.807) is 4.31 Å². The summed E-state index contributed by atoms with van der Waals surface area (Å²) < 4.78 is 25.7. The van der Waals surface area contributed by atoms with Crippen LogP contribution < -0.4 is 0 Å². The van der Waals surface area contributed by atoms with E-state index in [0.29, 0.717) is 0 Å². The first-order valence-electron chi connectivity index (χ1n) is 6.29. The second-order valence-electron chi connectivity index (χ2n) is 6.08. The molecule has 1 aliphatic rings. The molecule has 100 valence electrons. The third-order valence-corrected chi connectivity index (χ3v) is 5.61. The lowest BCUT2D eigenvalue weighted by Gasteiger charge is -2.49. The van der Waals surface area contributed by atoms with Crippen LogP contribution in [0.5, 0.6) is 0 Å². The number of benzene rings is 1. The van der Waals surface area contributed by atoms with Crippen molar-refractivity contribution < 1.29 is 8.42 Å². The molecule has 0 aromatic heterocycles. The Hall–Kier alpha value is -0.870. The molecule has 1 aromatic rings. The molecule has 3 nitrogen and oxygen atoms in total. The summed E-state index contributed by atoms with van der Waals surface area (Å²) in [4.78, 5) is 0. The van der Waals surface area contributed by atoms with E-state index in [4.69, 9.17) is 0 Å². The minimum atomic E-state index is -3.07. The molecule has 0 saturated carbocycles. The van der Waals surface area contributed by atoms with E-state index in [0.717, 1.165) is 5.56 Å². The van der Waals surface area contributed by atoms with Gasteiger partial charge < -0.3 is 0 Å². The highest BCUT2D eigenvalue weighted by atomic mass is 32.2. The molecular formula is C14H21NO2S. The lowest BCUT2D eigenvalue weighted by molar-refractivity contribution is 0.130. The third kappa shape index (κ3) is 2.31. The molecule has 1 heterocycles. The predicted octanol–water partition coefficient (Wildman–Crippen LogP) is 2.81. The van der Waals surface area contributed by atoms with Crippen molar-refractivity contribution in [2.24, 2.45) is 5.41 Å². The molecule has 0 radical (unpaired) electrons. The zero-order valence-corrected chi connectivity index (χ0v) is 12.2. The van der Waals surface area contributed by atoms with Gasteiger partial charge in [0.2, 0.25) is 10.0 Å². The van der Waals surface area contributed by atoms with Crippen molar-refractivity contribution in [3.05, 3.63) is 35.9 Å². The molecule has 1 aromatic carbocycles. The van der Waals surface area contributed by atoms with Crippen molar-refractivity contribution in [3.63, 3.8) is 0 Å². The van der Waals surface area contributed by atoms with Crippen LogP contribution in [0.15, 0.2) is 30.3 Å². The van der Waals surface area contributed by atoms with Crippen LogP contribution in [-0.4, -0.2) is 24.5 Å². The van der Waals surface area contributed by atoms with E-state index in [-0.39, 0.29) is 23.3 Å². The van der Waals surface area contributed by atoms with Gasteiger partial charge in [-0.2, -0.15) is 4.31 Å². The predicted molar refractivity (Wildman–Crippen MR) is 73.7 cm³/mol. The molecule has 2 rings (SSSR count). The highest BCUT2D eigenvalue weighted by Gasteiger charge is 2.51. The van der Waals surface area contributed by atoms with Crippen LogP contribution in [0.4, 0.5) is 0 Å². The molecule has 1 saturated heterocycles. The molecule has 18 heavy (non-hydrogen) atoms. The summed E-state index contributed by atoms with van der Waals surface area (Å²) in [7, 11) is -3.07. The number of hydrogen-bond acceptors (Lipinski definition) is 2. The first-order valence-corrected chi connectivity index (χ1v) is 7.90. The van der Waals surface area contributed by atoms with Gasteiger partial charge in [0.15, 0.2) is 0 Å². The zero-order valence-electron chi connectivity index (χ0n) is 11.4. The van der Waals surface area contributed by atoms with Gasteiger partial charge in [0.25, 0.3) is 0 Å². The van der Waals surface area contributed by atoms with E-state index in [9.17, 15) is 8.42 Å². The van der Waals surface area contributed by atoms with Crippen molar-refractivity contribution >= 4 is 10.0 Å². The fraction of sp³-hybridized carbons (Fsp3) is 0.571. The first-order chi connectivity index (χ1) is 8.23. The van der Waals surface area contributed by atoms with Gasteiger partial charge in [-0.15, -0.1) is 0 Å². The number of nitrogens with zero attached hydrogens (tertiary/aromatic N) is 1. The Balaban J connectivity index is 2.30. The second kappa shape index (κ2) is 4.35. The van der Waals surface area contributed by atoms with Crippen LogP contribution in [0.2, 0.25) is 0 Å². The second-order valence-corrected chi connectivity index (χ2v) is 8.00. The lowest BCUT2D eigenvalue weighted by Crippen LogP contribution is -2.62. The Morgan fingerprint density at radius 2 is 1.78 bits per heavy atom. The van der Waals surface area contributed by atoms with Crippen LogP contribution in [0, 0.1) is 5.41 Å². The largest absolute Gasteiger partial charge is 0.216 e. The molecule has 0 aliphatic carbocycles. The van der Waals surface area contributed by atoms with Crippen molar-refractivity contribution in [2.45, 2.75) is 39.8 Å². The monoisotopic (exact) mass is 267 g/mol. The highest BCUT2D eigenvalue weighted by Crippen LogP contribution is 2.41. The fourth-order valence-corrected chi connectivity index (χ4v) is 4.84. The molecule has 0 bridgehead atoms. The van der Waals surface area contributed by atoms with E-state index in [1.165, 1.54) is 0 Å². The maximum Gasteiger partial charge on any atom is 0.216 e. The van der Waals surface area contributed by atoms with Gasteiger partial charge >= 0.3 is 0 Å². The lowest BCUT2D eigenvalue weighted by atomic mass is 9.86. The normalized spacial score (nSPS) is 25.4. The van der Waals surface area contributed by atoms with Crippen LogP contribution in [0.1, 0.15) is 39.3 Å². The fourth-order valence-electron chi connectivity index (χ4n) is 2.49. The molecule has 1 aliphatic heterocycles. The molecule has 0 unspecified atom stereocenters. The summed E-state index contributed by atoms with van der Waals surface area (Å²) in [6.45, 7) is 8.25. The minimum Gasteiger partial charge on any atom is -0.212 e. The molecular weight excluding hydrogens is 246 g/mol. The van der Waals surface area contributed by atoms with E-state index in [1.807, 2.05) is 37.3 Å². The van der Waals surface area contributed by atoms with Crippen molar-refractivity contribution in [3.8, 4) is 0 Å². The summed E-state index contributed by atoms with van der Waals surface area (Å²) >= 11 is 0. The highest BCUT2D eigenvalue weighted by molar-refractivity contribution is 7.90. The SMILES string of the molecule is C[C@@H](c1ccccc1)N1[C@H](C(C)(C)C)CS1(=O)=O. The standard InChI is InChI=1S/C14H21NO2S/c1-11(12-8-6-5-7-9-12)15-13(14(2,3)4)10-18(15,16)17/h5-9,11,13H,10H2,1-4H3/t11-,13-/m0/s1. The van der Waals surface area contributed by atoms with Crippen molar-refractivity contribution in [2.75, 3.05) is 5.75 Å². The van der Waals surface area contributed by atoms with E-state index < -0.39 is 10.0 Å². The van der Waals surface area contributed by atoms with Gasteiger partial charge in [-0.05, 0) is 17.9 Å². The quantitative estimate of drug-likeness (QED) is 0.826. The Morgan fingerprint density at radius 1 is 1.22 bits per heavy atom. The Bertz CT molecular complexity index is 516. The number of rotatable bonds is 2. The summed E-state index contributed by atoms with van der Waals surface area (Å²) in [5.74, 6) is 0.272. The summed E-state index contributed by atoms with van der Waals surface area (Å²) in [5, 5.41) is 0. The van der Waals surface area contributed by atoms with Crippen LogP contribution >= 0.6 is 0 Å². The van der Waals surface area contributed by atoms with Crippen molar-refractivity contribution in [1.82, 2.24) is 4.31 Å². The topological polar surface area (TPSA) is 37.4 Å². The molecule has 0 N–H and O–H groups in total. The van der Waals surface area contributed by atoms with Crippen LogP contribution in [-0.2, 0) is 10.0 Å². The first kappa shape index (κ1) is 13.6. The molecule has 1 fully saturated rings. The molecule has 0 spiro atoms. The minimum absolute atomic E-state index is 0.0195. The van der Waals surface area contributed by atoms with E-state index >= 15 is 0 Å². The zero-order chi connectivity index (χ0) is 13.6.